The molecule has 0 fully saturated rings. The Hall–Kier alpha value is -1.03. The Kier molecular flexibility index (Phi) is 4.50. The van der Waals surface area contributed by atoms with Crippen LogP contribution in [0.3, 0.4) is 0 Å². The van der Waals surface area contributed by atoms with Crippen molar-refractivity contribution in [3.05, 3.63) is 40.3 Å². The number of halogens is 2. The van der Waals surface area contributed by atoms with E-state index < -0.39 is 0 Å². The van der Waals surface area contributed by atoms with Crippen molar-refractivity contribution >= 4 is 23.2 Å². The van der Waals surface area contributed by atoms with Gasteiger partial charge in [0.2, 0.25) is 0 Å². The summed E-state index contributed by atoms with van der Waals surface area (Å²) in [6.07, 6.45) is 2.75. The quantitative estimate of drug-likeness (QED) is 0.877. The first-order chi connectivity index (χ1) is 9.02. The largest absolute Gasteiger partial charge is 0.341 e. The van der Waals surface area contributed by atoms with Crippen molar-refractivity contribution in [3.63, 3.8) is 0 Å². The molecule has 0 radical (unpaired) electrons. The molecule has 0 bridgehead atoms. The average Bonchev–Trinajstić information content (AvgIpc) is 2.89. The molecular weight excluding hydrogens is 281 g/mol. The third-order valence-corrected chi connectivity index (χ3v) is 3.95. The van der Waals surface area contributed by atoms with Crippen LogP contribution in [-0.2, 0) is 0 Å². The molecule has 0 saturated heterocycles. The van der Waals surface area contributed by atoms with Gasteiger partial charge in [-0.1, -0.05) is 43.5 Å². The molecule has 5 heteroatoms. The minimum absolute atomic E-state index is 0.100. The third-order valence-electron chi connectivity index (χ3n) is 3.39. The van der Waals surface area contributed by atoms with Gasteiger partial charge in [0.05, 0.1) is 23.0 Å². The summed E-state index contributed by atoms with van der Waals surface area (Å²) in [6.45, 7) is 4.22. The Labute approximate surface area is 123 Å². The molecule has 0 amide bonds. The zero-order chi connectivity index (χ0) is 14.0. The van der Waals surface area contributed by atoms with Gasteiger partial charge >= 0.3 is 0 Å². The summed E-state index contributed by atoms with van der Waals surface area (Å²) in [5.74, 6) is 1.15. The van der Waals surface area contributed by atoms with Gasteiger partial charge in [-0.25, -0.2) is 4.98 Å². The fraction of sp³-hybridized carbons (Fsp3) is 0.357. The van der Waals surface area contributed by atoms with E-state index in [0.717, 1.165) is 23.5 Å². The van der Waals surface area contributed by atoms with Gasteiger partial charge in [-0.2, -0.15) is 0 Å². The van der Waals surface area contributed by atoms with Crippen LogP contribution in [0.2, 0.25) is 10.0 Å². The summed E-state index contributed by atoms with van der Waals surface area (Å²) >= 11 is 12.2. The van der Waals surface area contributed by atoms with Crippen molar-refractivity contribution in [1.82, 2.24) is 9.97 Å². The van der Waals surface area contributed by atoms with Crippen LogP contribution in [0.1, 0.15) is 32.1 Å². The maximum absolute atomic E-state index is 6.17. The van der Waals surface area contributed by atoms with Crippen molar-refractivity contribution in [3.8, 4) is 11.3 Å². The van der Waals surface area contributed by atoms with Crippen LogP contribution in [-0.4, -0.2) is 9.97 Å². The van der Waals surface area contributed by atoms with Crippen LogP contribution in [0.5, 0.6) is 0 Å². The van der Waals surface area contributed by atoms with E-state index in [-0.39, 0.29) is 6.04 Å². The van der Waals surface area contributed by atoms with Gasteiger partial charge in [-0.05, 0) is 24.1 Å². The van der Waals surface area contributed by atoms with Crippen molar-refractivity contribution in [2.45, 2.75) is 26.3 Å². The molecule has 19 heavy (non-hydrogen) atoms. The molecular formula is C14H17Cl2N3. The lowest BCUT2D eigenvalue weighted by Crippen LogP contribution is -2.19. The Morgan fingerprint density at radius 1 is 1.37 bits per heavy atom. The summed E-state index contributed by atoms with van der Waals surface area (Å²) in [4.78, 5) is 7.58. The van der Waals surface area contributed by atoms with E-state index >= 15 is 0 Å². The Bertz CT molecular complexity index is 566. The number of aromatic amines is 1. The lowest BCUT2D eigenvalue weighted by atomic mass is 10.00. The molecule has 0 aliphatic carbocycles. The number of rotatable bonds is 4. The second-order valence-corrected chi connectivity index (χ2v) is 5.56. The van der Waals surface area contributed by atoms with Crippen LogP contribution in [0, 0.1) is 5.92 Å². The topological polar surface area (TPSA) is 54.7 Å². The fourth-order valence-electron chi connectivity index (χ4n) is 1.87. The lowest BCUT2D eigenvalue weighted by molar-refractivity contribution is 0.441. The summed E-state index contributed by atoms with van der Waals surface area (Å²) in [5, 5.41) is 1.28. The van der Waals surface area contributed by atoms with Crippen LogP contribution in [0.4, 0.5) is 0 Å². The summed E-state index contributed by atoms with van der Waals surface area (Å²) in [6, 6.07) is 5.25. The highest BCUT2D eigenvalue weighted by Gasteiger charge is 2.17. The van der Waals surface area contributed by atoms with Crippen LogP contribution >= 0.6 is 23.2 Å². The predicted octanol–water partition coefficient (Wildman–Crippen LogP) is 4.43. The maximum atomic E-state index is 6.17. The van der Waals surface area contributed by atoms with Gasteiger partial charge in [0.15, 0.2) is 0 Å². The first-order valence-electron chi connectivity index (χ1n) is 6.28. The van der Waals surface area contributed by atoms with E-state index in [9.17, 15) is 0 Å². The monoisotopic (exact) mass is 297 g/mol. The molecule has 2 rings (SSSR count). The zero-order valence-electron chi connectivity index (χ0n) is 11.0. The van der Waals surface area contributed by atoms with Gasteiger partial charge in [-0.3, -0.25) is 0 Å². The lowest BCUT2D eigenvalue weighted by Gasteiger charge is -2.15. The number of benzene rings is 1. The number of imidazole rings is 1. The molecule has 0 aliphatic rings. The highest BCUT2D eigenvalue weighted by molar-refractivity contribution is 6.35. The molecule has 0 aliphatic heterocycles. The van der Waals surface area contributed by atoms with Crippen LogP contribution in [0.25, 0.3) is 11.3 Å². The molecule has 3 N–H and O–H groups in total. The number of hydrogen-bond donors (Lipinski definition) is 2. The van der Waals surface area contributed by atoms with Crippen molar-refractivity contribution in [2.75, 3.05) is 0 Å². The Balaban J connectivity index is 2.33. The van der Waals surface area contributed by atoms with Gasteiger partial charge in [0.25, 0.3) is 0 Å². The normalized spacial score (nSPS) is 14.4. The van der Waals surface area contributed by atoms with E-state index in [4.69, 9.17) is 28.9 Å². The number of nitrogens with zero attached hydrogens (tertiary/aromatic N) is 1. The summed E-state index contributed by atoms with van der Waals surface area (Å²) in [5.41, 5.74) is 7.83. The molecule has 1 aromatic heterocycles. The minimum atomic E-state index is -0.100. The number of aromatic nitrogens is 2. The second kappa shape index (κ2) is 5.95. The average molecular weight is 298 g/mol. The fourth-order valence-corrected chi connectivity index (χ4v) is 2.26. The highest BCUT2D eigenvalue weighted by atomic mass is 35.5. The minimum Gasteiger partial charge on any atom is -0.341 e. The Morgan fingerprint density at radius 2 is 2.11 bits per heavy atom. The SMILES string of the molecule is CCC(C)C(N)c1ncc(-c2cc(Cl)ccc2Cl)[nH]1. The molecule has 1 heterocycles. The smallest absolute Gasteiger partial charge is 0.123 e. The molecule has 0 spiro atoms. The summed E-state index contributed by atoms with van der Waals surface area (Å²) < 4.78 is 0. The maximum Gasteiger partial charge on any atom is 0.123 e. The number of H-pyrrole nitrogens is 1. The molecule has 1 aromatic carbocycles. The van der Waals surface area contributed by atoms with Gasteiger partial charge in [0.1, 0.15) is 5.82 Å². The first kappa shape index (κ1) is 14.4. The van der Waals surface area contributed by atoms with E-state index in [2.05, 4.69) is 23.8 Å². The van der Waals surface area contributed by atoms with Gasteiger partial charge < -0.3 is 10.7 Å². The number of nitrogens with one attached hydrogen (secondary N) is 1. The summed E-state index contributed by atoms with van der Waals surface area (Å²) in [7, 11) is 0. The zero-order valence-corrected chi connectivity index (χ0v) is 12.5. The standard InChI is InChI=1S/C14H17Cl2N3/c1-3-8(2)13(17)14-18-7-12(19-14)10-6-9(15)4-5-11(10)16/h4-8,13H,3,17H2,1-2H3,(H,18,19). The molecule has 2 atom stereocenters. The van der Waals surface area contributed by atoms with E-state index in [0.29, 0.717) is 16.0 Å². The Morgan fingerprint density at radius 3 is 2.79 bits per heavy atom. The second-order valence-electron chi connectivity index (χ2n) is 4.72. The van der Waals surface area contributed by atoms with E-state index in [1.807, 2.05) is 6.07 Å². The van der Waals surface area contributed by atoms with Crippen LogP contribution in [0.15, 0.2) is 24.4 Å². The van der Waals surface area contributed by atoms with Crippen molar-refractivity contribution in [1.29, 1.82) is 0 Å². The van der Waals surface area contributed by atoms with Crippen molar-refractivity contribution in [2.24, 2.45) is 11.7 Å². The van der Waals surface area contributed by atoms with Crippen LogP contribution < -0.4 is 5.73 Å². The van der Waals surface area contributed by atoms with E-state index in [1.165, 1.54) is 0 Å². The predicted molar refractivity (Wildman–Crippen MR) is 80.4 cm³/mol. The van der Waals surface area contributed by atoms with E-state index in [1.54, 1.807) is 18.3 Å². The molecule has 102 valence electrons. The number of hydrogen-bond acceptors (Lipinski definition) is 2. The first-order valence-corrected chi connectivity index (χ1v) is 7.04. The molecule has 2 aromatic rings. The molecule has 0 saturated carbocycles. The van der Waals surface area contributed by atoms with Gasteiger partial charge in [-0.15, -0.1) is 0 Å². The number of nitrogens with two attached hydrogens (primary N) is 1. The van der Waals surface area contributed by atoms with Gasteiger partial charge in [0, 0.05) is 10.6 Å². The van der Waals surface area contributed by atoms with Crippen molar-refractivity contribution < 1.29 is 0 Å². The third kappa shape index (κ3) is 3.11. The molecule has 3 nitrogen and oxygen atoms in total. The molecule has 2 unspecified atom stereocenters. The highest BCUT2D eigenvalue weighted by Crippen LogP contribution is 2.30.